The van der Waals surface area contributed by atoms with E-state index in [4.69, 9.17) is 9.47 Å². The number of ketones is 2. The molecule has 1 saturated carbocycles. The zero-order chi connectivity index (χ0) is 27.4. The summed E-state index contributed by atoms with van der Waals surface area (Å²) >= 11 is 0. The molecule has 1 aliphatic carbocycles. The van der Waals surface area contributed by atoms with E-state index in [1.807, 2.05) is 25.1 Å². The fourth-order valence-corrected chi connectivity index (χ4v) is 6.54. The lowest BCUT2D eigenvalue weighted by Gasteiger charge is -2.52. The molecule has 0 radical (unpaired) electrons. The highest BCUT2D eigenvalue weighted by Crippen LogP contribution is 2.57. The smallest absolute Gasteiger partial charge is 0.137 e. The Hall–Kier alpha value is -2.46. The van der Waals surface area contributed by atoms with Crippen LogP contribution in [0.5, 0.6) is 5.75 Å². The Morgan fingerprint density at radius 2 is 1.65 bits per heavy atom. The maximum Gasteiger partial charge on any atom is 0.137 e. The summed E-state index contributed by atoms with van der Waals surface area (Å²) in [5.74, 6) is 0.976. The summed E-state index contributed by atoms with van der Waals surface area (Å²) in [6.07, 6.45) is 2.45. The van der Waals surface area contributed by atoms with Crippen molar-refractivity contribution >= 4 is 11.6 Å². The Balaban J connectivity index is 1.85. The van der Waals surface area contributed by atoms with Crippen LogP contribution in [-0.4, -0.2) is 24.8 Å². The van der Waals surface area contributed by atoms with Gasteiger partial charge in [0.2, 0.25) is 0 Å². The average molecular weight is 507 g/mol. The minimum Gasteiger partial charge on any atom is -0.493 e. The molecule has 0 aromatic heterocycles. The molecule has 0 heterocycles. The van der Waals surface area contributed by atoms with E-state index in [-0.39, 0.29) is 34.9 Å². The van der Waals surface area contributed by atoms with Crippen LogP contribution in [-0.2, 0) is 14.3 Å². The number of ether oxygens (including phenoxy) is 2. The van der Waals surface area contributed by atoms with Crippen LogP contribution in [0, 0.1) is 30.6 Å². The van der Waals surface area contributed by atoms with Crippen molar-refractivity contribution in [1.82, 2.24) is 0 Å². The first-order chi connectivity index (χ1) is 17.4. The summed E-state index contributed by atoms with van der Waals surface area (Å²) in [5, 5.41) is 0. The second-order valence-electron chi connectivity index (χ2n) is 12.0. The van der Waals surface area contributed by atoms with Gasteiger partial charge in [0, 0.05) is 24.4 Å². The van der Waals surface area contributed by atoms with Crippen molar-refractivity contribution in [2.45, 2.75) is 93.1 Å². The van der Waals surface area contributed by atoms with Gasteiger partial charge in [-0.1, -0.05) is 63.2 Å². The molecule has 1 fully saturated rings. The SMILES string of the molecule is CCOc1c(C)ccc([C@@H](C)C(CCOC(C)c2ccccc2)C(=O)CC2(C(C)=O)CC(C)(C)C2)c1C. The van der Waals surface area contributed by atoms with E-state index in [0.29, 0.717) is 26.1 Å². The molecule has 37 heavy (non-hydrogen) atoms. The standard InChI is InChI=1S/C33H46O4/c1-9-36-31-22(2)15-16-28(24(31)4)23(3)29(17-18-37-25(5)27-13-11-10-12-14-27)30(35)19-33(26(6)34)20-32(7,8)21-33/h10-16,23,25,29H,9,17-21H2,1-8H3/t23-,25?,29?/m1/s1. The lowest BCUT2D eigenvalue weighted by Crippen LogP contribution is -2.49. The van der Waals surface area contributed by atoms with Crippen LogP contribution in [0.3, 0.4) is 0 Å². The summed E-state index contributed by atoms with van der Waals surface area (Å²) in [6, 6.07) is 14.4. The predicted molar refractivity (Wildman–Crippen MR) is 150 cm³/mol. The van der Waals surface area contributed by atoms with Crippen molar-refractivity contribution < 1.29 is 19.1 Å². The topological polar surface area (TPSA) is 52.6 Å². The molecule has 3 rings (SSSR count). The van der Waals surface area contributed by atoms with Crippen LogP contribution >= 0.6 is 0 Å². The van der Waals surface area contributed by atoms with E-state index in [0.717, 1.165) is 40.8 Å². The highest BCUT2D eigenvalue weighted by Gasteiger charge is 2.53. The summed E-state index contributed by atoms with van der Waals surface area (Å²) in [7, 11) is 0. The van der Waals surface area contributed by atoms with Gasteiger partial charge in [0.05, 0.1) is 12.7 Å². The highest BCUT2D eigenvalue weighted by molar-refractivity contribution is 5.92. The summed E-state index contributed by atoms with van der Waals surface area (Å²) in [5.41, 5.74) is 4.05. The molecule has 4 heteroatoms. The molecular formula is C33H46O4. The van der Waals surface area contributed by atoms with Gasteiger partial charge in [0.1, 0.15) is 17.3 Å². The number of carbonyl (C=O) groups is 2. The van der Waals surface area contributed by atoms with Gasteiger partial charge in [-0.25, -0.2) is 0 Å². The molecule has 3 atom stereocenters. The molecule has 0 N–H and O–H groups in total. The van der Waals surface area contributed by atoms with Crippen LogP contribution in [0.2, 0.25) is 0 Å². The number of hydrogen-bond acceptors (Lipinski definition) is 4. The molecule has 2 aromatic rings. The average Bonchev–Trinajstić information content (AvgIpc) is 2.83. The molecule has 0 amide bonds. The molecule has 2 aromatic carbocycles. The molecule has 1 aliphatic rings. The lowest BCUT2D eigenvalue weighted by atomic mass is 9.51. The minimum absolute atomic E-state index is 0.0139. The second-order valence-corrected chi connectivity index (χ2v) is 12.0. The van der Waals surface area contributed by atoms with Crippen LogP contribution in [0.25, 0.3) is 0 Å². The van der Waals surface area contributed by atoms with Gasteiger partial charge < -0.3 is 9.47 Å². The number of Topliss-reactive ketones (excluding diaryl/α,β-unsaturated/α-hetero) is 2. The van der Waals surface area contributed by atoms with E-state index in [2.05, 4.69) is 65.8 Å². The van der Waals surface area contributed by atoms with Crippen LogP contribution in [0.4, 0.5) is 0 Å². The highest BCUT2D eigenvalue weighted by atomic mass is 16.5. The quantitative estimate of drug-likeness (QED) is 0.277. The van der Waals surface area contributed by atoms with Gasteiger partial charge in [-0.15, -0.1) is 0 Å². The molecular weight excluding hydrogens is 460 g/mol. The molecule has 2 unspecified atom stereocenters. The predicted octanol–water partition coefficient (Wildman–Crippen LogP) is 7.94. The van der Waals surface area contributed by atoms with Crippen molar-refractivity contribution in [3.8, 4) is 5.75 Å². The second kappa shape index (κ2) is 11.9. The van der Waals surface area contributed by atoms with Crippen molar-refractivity contribution in [1.29, 1.82) is 0 Å². The summed E-state index contributed by atoms with van der Waals surface area (Å²) < 4.78 is 12.2. The maximum absolute atomic E-state index is 14.0. The molecule has 0 saturated heterocycles. The number of hydrogen-bond donors (Lipinski definition) is 0. The Labute approximate surface area is 224 Å². The van der Waals surface area contributed by atoms with E-state index >= 15 is 0 Å². The van der Waals surface area contributed by atoms with Crippen molar-refractivity contribution in [2.75, 3.05) is 13.2 Å². The van der Waals surface area contributed by atoms with Crippen molar-refractivity contribution in [2.24, 2.45) is 16.7 Å². The number of rotatable bonds is 13. The molecule has 0 bridgehead atoms. The van der Waals surface area contributed by atoms with Crippen molar-refractivity contribution in [3.63, 3.8) is 0 Å². The molecule has 0 aliphatic heterocycles. The van der Waals surface area contributed by atoms with Gasteiger partial charge >= 0.3 is 0 Å². The third-order valence-corrected chi connectivity index (χ3v) is 8.40. The largest absolute Gasteiger partial charge is 0.493 e. The fourth-order valence-electron chi connectivity index (χ4n) is 6.54. The Morgan fingerprint density at radius 3 is 2.22 bits per heavy atom. The number of carbonyl (C=O) groups excluding carboxylic acids is 2. The van der Waals surface area contributed by atoms with Gasteiger partial charge in [-0.05, 0) is 87.5 Å². The first-order valence-corrected chi connectivity index (χ1v) is 13.8. The lowest BCUT2D eigenvalue weighted by molar-refractivity contribution is -0.147. The van der Waals surface area contributed by atoms with E-state index in [1.54, 1.807) is 6.92 Å². The van der Waals surface area contributed by atoms with Crippen LogP contribution in [0.15, 0.2) is 42.5 Å². The Morgan fingerprint density at radius 1 is 1.00 bits per heavy atom. The summed E-state index contributed by atoms with van der Waals surface area (Å²) in [4.78, 5) is 26.7. The monoisotopic (exact) mass is 506 g/mol. The third kappa shape index (κ3) is 6.71. The zero-order valence-electron chi connectivity index (χ0n) is 24.1. The normalized spacial score (nSPS) is 18.4. The fraction of sp³-hybridized carbons (Fsp3) is 0.576. The van der Waals surface area contributed by atoms with E-state index in [9.17, 15) is 9.59 Å². The Bertz CT molecular complexity index is 1080. The van der Waals surface area contributed by atoms with E-state index in [1.165, 1.54) is 0 Å². The zero-order valence-corrected chi connectivity index (χ0v) is 24.1. The number of aryl methyl sites for hydroxylation is 1. The maximum atomic E-state index is 14.0. The third-order valence-electron chi connectivity index (χ3n) is 8.40. The minimum atomic E-state index is -0.518. The first-order valence-electron chi connectivity index (χ1n) is 13.8. The van der Waals surface area contributed by atoms with Gasteiger partial charge in [0.15, 0.2) is 0 Å². The van der Waals surface area contributed by atoms with Gasteiger partial charge in [0.25, 0.3) is 0 Å². The molecule has 4 nitrogen and oxygen atoms in total. The van der Waals surface area contributed by atoms with E-state index < -0.39 is 5.41 Å². The Kier molecular flexibility index (Phi) is 9.39. The van der Waals surface area contributed by atoms with Crippen molar-refractivity contribution in [3.05, 3.63) is 64.7 Å². The molecule has 202 valence electrons. The van der Waals surface area contributed by atoms with Gasteiger partial charge in [-0.2, -0.15) is 0 Å². The van der Waals surface area contributed by atoms with Crippen LogP contribution < -0.4 is 4.74 Å². The van der Waals surface area contributed by atoms with Crippen LogP contribution in [0.1, 0.15) is 102 Å². The first kappa shape index (κ1) is 29.1. The summed E-state index contributed by atoms with van der Waals surface area (Å²) in [6.45, 7) is 17.4. The number of benzene rings is 2. The molecule has 0 spiro atoms. The van der Waals surface area contributed by atoms with Gasteiger partial charge in [-0.3, -0.25) is 9.59 Å².